The number of rotatable bonds is 10. The summed E-state index contributed by atoms with van der Waals surface area (Å²) >= 11 is 3.83. The molecule has 0 N–H and O–H groups in total. The van der Waals surface area contributed by atoms with Gasteiger partial charge in [-0.3, -0.25) is 4.79 Å². The van der Waals surface area contributed by atoms with E-state index in [9.17, 15) is 22.0 Å². The standard InChI is InChI=1S/C25H31F2NO3S2/c1-33(30,31)23-7-5-19(6-8-23)24(20-15-21(26)17-22(27)16-20)11-14-28-12-9-18(10-13-28)3-2-4-25(29)32/h5-8,15-18,24H,2-4,9-14H2,1H3,(H,29,32). The third-order valence-electron chi connectivity index (χ3n) is 6.44. The molecule has 8 heteroatoms. The van der Waals surface area contributed by atoms with Crippen LogP contribution in [0.15, 0.2) is 47.4 Å². The Kier molecular flexibility index (Phi) is 9.07. The molecule has 4 nitrogen and oxygen atoms in total. The Balaban J connectivity index is 1.68. The van der Waals surface area contributed by atoms with Crippen molar-refractivity contribution in [2.45, 2.75) is 49.3 Å². The summed E-state index contributed by atoms with van der Waals surface area (Å²) in [5, 5.41) is -0.0585. The van der Waals surface area contributed by atoms with Gasteiger partial charge in [0.05, 0.1) is 4.90 Å². The lowest BCUT2D eigenvalue weighted by Crippen LogP contribution is -2.35. The Hall–Kier alpha value is -1.77. The molecule has 0 spiro atoms. The molecule has 0 radical (unpaired) electrons. The average Bonchev–Trinajstić information content (AvgIpc) is 2.74. The number of carbonyl (C=O) groups is 1. The van der Waals surface area contributed by atoms with Crippen LogP contribution in [0, 0.1) is 17.6 Å². The van der Waals surface area contributed by atoms with Crippen LogP contribution < -0.4 is 0 Å². The molecule has 1 aliphatic rings. The van der Waals surface area contributed by atoms with Gasteiger partial charge in [-0.05, 0) is 93.0 Å². The number of halogens is 2. The van der Waals surface area contributed by atoms with E-state index in [1.54, 1.807) is 24.3 Å². The molecule has 0 saturated carbocycles. The number of sulfone groups is 1. The number of nitrogens with zero attached hydrogens (tertiary/aromatic N) is 1. The molecular weight excluding hydrogens is 464 g/mol. The predicted molar refractivity (Wildman–Crippen MR) is 129 cm³/mol. The van der Waals surface area contributed by atoms with Crippen LogP contribution in [0.3, 0.4) is 0 Å². The van der Waals surface area contributed by atoms with Crippen molar-refractivity contribution in [3.05, 3.63) is 65.2 Å². The molecule has 33 heavy (non-hydrogen) atoms. The van der Waals surface area contributed by atoms with E-state index in [4.69, 9.17) is 0 Å². The number of hydrogen-bond acceptors (Lipinski definition) is 4. The maximum atomic E-state index is 14.0. The number of piperidine rings is 1. The maximum Gasteiger partial charge on any atom is 0.185 e. The number of likely N-dealkylation sites (tertiary alicyclic amines) is 1. The van der Waals surface area contributed by atoms with E-state index < -0.39 is 21.5 Å². The van der Waals surface area contributed by atoms with Crippen molar-refractivity contribution in [2.24, 2.45) is 5.92 Å². The predicted octanol–water partition coefficient (Wildman–Crippen LogP) is 5.23. The Morgan fingerprint density at radius 1 is 1.06 bits per heavy atom. The van der Waals surface area contributed by atoms with Crippen molar-refractivity contribution in [3.8, 4) is 0 Å². The lowest BCUT2D eigenvalue weighted by atomic mass is 9.87. The van der Waals surface area contributed by atoms with E-state index in [0.717, 1.165) is 63.2 Å². The lowest BCUT2D eigenvalue weighted by Gasteiger charge is -2.33. The molecule has 1 fully saturated rings. The number of benzene rings is 2. The van der Waals surface area contributed by atoms with Gasteiger partial charge in [-0.25, -0.2) is 17.2 Å². The topological polar surface area (TPSA) is 54.5 Å². The zero-order chi connectivity index (χ0) is 24.0. The molecule has 2 aromatic rings. The fourth-order valence-corrected chi connectivity index (χ4v) is 5.39. The van der Waals surface area contributed by atoms with Crippen LogP contribution in [-0.2, 0) is 14.6 Å². The third-order valence-corrected chi connectivity index (χ3v) is 7.79. The van der Waals surface area contributed by atoms with Crippen molar-refractivity contribution in [3.63, 3.8) is 0 Å². The minimum Gasteiger partial charge on any atom is -0.303 e. The van der Waals surface area contributed by atoms with E-state index in [1.807, 2.05) is 0 Å². The van der Waals surface area contributed by atoms with Gasteiger partial charge in [0.2, 0.25) is 0 Å². The highest BCUT2D eigenvalue weighted by Gasteiger charge is 2.22. The Labute approximate surface area is 200 Å². The molecule has 2 aromatic carbocycles. The quantitative estimate of drug-likeness (QED) is 0.459. The Morgan fingerprint density at radius 3 is 2.21 bits per heavy atom. The van der Waals surface area contributed by atoms with Gasteiger partial charge in [0.15, 0.2) is 15.0 Å². The minimum atomic E-state index is -3.32. The number of carbonyl (C=O) groups excluding carboxylic acids is 1. The third kappa shape index (κ3) is 7.90. The minimum absolute atomic E-state index is 0.0585. The summed E-state index contributed by atoms with van der Waals surface area (Å²) in [6.07, 6.45) is 6.41. The number of thiol groups is 1. The zero-order valence-corrected chi connectivity index (χ0v) is 20.6. The van der Waals surface area contributed by atoms with Crippen LogP contribution in [0.4, 0.5) is 8.78 Å². The molecular formula is C25H31F2NO3S2. The van der Waals surface area contributed by atoms with Crippen molar-refractivity contribution in [1.82, 2.24) is 4.90 Å². The van der Waals surface area contributed by atoms with E-state index in [1.165, 1.54) is 12.1 Å². The largest absolute Gasteiger partial charge is 0.303 e. The van der Waals surface area contributed by atoms with E-state index in [0.29, 0.717) is 24.3 Å². The summed E-state index contributed by atoms with van der Waals surface area (Å²) in [5.74, 6) is -0.875. The first-order valence-electron chi connectivity index (χ1n) is 11.3. The maximum absolute atomic E-state index is 14.0. The van der Waals surface area contributed by atoms with Gasteiger partial charge in [0.1, 0.15) is 11.6 Å². The fourth-order valence-electron chi connectivity index (χ4n) is 4.60. The van der Waals surface area contributed by atoms with Gasteiger partial charge in [-0.15, -0.1) is 12.6 Å². The molecule has 180 valence electrons. The summed E-state index contributed by atoms with van der Waals surface area (Å²) in [6.45, 7) is 2.69. The van der Waals surface area contributed by atoms with Crippen molar-refractivity contribution >= 4 is 27.6 Å². The number of hydrogen-bond donors (Lipinski definition) is 1. The second-order valence-electron chi connectivity index (χ2n) is 8.96. The van der Waals surface area contributed by atoms with Gasteiger partial charge in [0.25, 0.3) is 0 Å². The second-order valence-corrected chi connectivity index (χ2v) is 11.5. The second kappa shape index (κ2) is 11.6. The molecule has 1 atom stereocenters. The molecule has 0 bridgehead atoms. The van der Waals surface area contributed by atoms with Crippen LogP contribution in [0.5, 0.6) is 0 Å². The van der Waals surface area contributed by atoms with Gasteiger partial charge in [-0.2, -0.15) is 0 Å². The molecule has 1 unspecified atom stereocenters. The highest BCUT2D eigenvalue weighted by molar-refractivity contribution is 7.96. The van der Waals surface area contributed by atoms with Crippen LogP contribution in [0.2, 0.25) is 0 Å². The van der Waals surface area contributed by atoms with E-state index >= 15 is 0 Å². The highest BCUT2D eigenvalue weighted by atomic mass is 32.2. The molecule has 0 aromatic heterocycles. The molecule has 1 aliphatic heterocycles. The summed E-state index contributed by atoms with van der Waals surface area (Å²) in [6, 6.07) is 10.1. The van der Waals surface area contributed by atoms with E-state index in [-0.39, 0.29) is 15.9 Å². The molecule has 0 aliphatic carbocycles. The van der Waals surface area contributed by atoms with Crippen LogP contribution >= 0.6 is 12.6 Å². The first-order chi connectivity index (χ1) is 15.6. The summed E-state index contributed by atoms with van der Waals surface area (Å²) in [5.41, 5.74) is 1.38. The van der Waals surface area contributed by atoms with Crippen molar-refractivity contribution in [1.29, 1.82) is 0 Å². The SMILES string of the molecule is CS(=O)(=O)c1ccc(C(CCN2CCC(CCCC(=O)S)CC2)c2cc(F)cc(F)c2)cc1. The normalized spacial score (nSPS) is 16.6. The Morgan fingerprint density at radius 2 is 1.67 bits per heavy atom. The first kappa shape index (κ1) is 25.8. The lowest BCUT2D eigenvalue weighted by molar-refractivity contribution is -0.110. The Bertz CT molecular complexity index is 1030. The van der Waals surface area contributed by atoms with Gasteiger partial charge >= 0.3 is 0 Å². The van der Waals surface area contributed by atoms with Gasteiger partial charge in [-0.1, -0.05) is 12.1 Å². The first-order valence-corrected chi connectivity index (χ1v) is 13.7. The molecule has 1 heterocycles. The van der Waals surface area contributed by atoms with Crippen molar-refractivity contribution < 1.29 is 22.0 Å². The summed E-state index contributed by atoms with van der Waals surface area (Å²) in [7, 11) is -3.32. The molecule has 0 amide bonds. The van der Waals surface area contributed by atoms with Crippen LogP contribution in [0.25, 0.3) is 0 Å². The molecule has 1 saturated heterocycles. The van der Waals surface area contributed by atoms with Crippen LogP contribution in [0.1, 0.15) is 55.6 Å². The van der Waals surface area contributed by atoms with E-state index in [2.05, 4.69) is 17.5 Å². The summed E-state index contributed by atoms with van der Waals surface area (Å²) in [4.78, 5) is 13.6. The zero-order valence-electron chi connectivity index (χ0n) is 18.8. The highest BCUT2D eigenvalue weighted by Crippen LogP contribution is 2.31. The summed E-state index contributed by atoms with van der Waals surface area (Å²) < 4.78 is 51.5. The smallest absolute Gasteiger partial charge is 0.185 e. The van der Waals surface area contributed by atoms with Gasteiger partial charge in [0, 0.05) is 24.7 Å². The fraction of sp³-hybridized carbons (Fsp3) is 0.480. The van der Waals surface area contributed by atoms with Crippen LogP contribution in [-0.4, -0.2) is 44.3 Å². The monoisotopic (exact) mass is 495 g/mol. The van der Waals surface area contributed by atoms with Crippen molar-refractivity contribution in [2.75, 3.05) is 25.9 Å². The molecule has 3 rings (SSSR count). The van der Waals surface area contributed by atoms with Gasteiger partial charge < -0.3 is 4.90 Å². The average molecular weight is 496 g/mol.